The van der Waals surface area contributed by atoms with Crippen LogP contribution in [-0.4, -0.2) is 37.6 Å². The fraction of sp³-hybridized carbons (Fsp3) is 0.500. The number of nitrogen functional groups attached to an aromatic ring is 1. The molecule has 1 aromatic rings. The standard InChI is InChI=1S/C16H23N3O2/c1-13(14-4-6-15(18)7-5-14)12-16(20)19(9-3-8-17)10-11-21-2/h4-7,13H,3,9-12,18H2,1-2H3. The zero-order valence-electron chi connectivity index (χ0n) is 12.7. The second kappa shape index (κ2) is 8.98. The molecule has 5 nitrogen and oxygen atoms in total. The number of methoxy groups -OCH3 is 1. The summed E-state index contributed by atoms with van der Waals surface area (Å²) in [6.07, 6.45) is 0.755. The number of rotatable bonds is 8. The minimum atomic E-state index is 0.0478. The van der Waals surface area contributed by atoms with Crippen LogP contribution in [0, 0.1) is 11.3 Å². The van der Waals surface area contributed by atoms with Crippen molar-refractivity contribution in [2.45, 2.75) is 25.7 Å². The fourth-order valence-corrected chi connectivity index (χ4v) is 2.08. The largest absolute Gasteiger partial charge is 0.399 e. The van der Waals surface area contributed by atoms with Gasteiger partial charge in [0, 0.05) is 32.3 Å². The second-order valence-electron chi connectivity index (χ2n) is 5.05. The Hall–Kier alpha value is -2.06. The van der Waals surface area contributed by atoms with Crippen molar-refractivity contribution in [2.75, 3.05) is 32.5 Å². The van der Waals surface area contributed by atoms with E-state index in [4.69, 9.17) is 15.7 Å². The van der Waals surface area contributed by atoms with Crippen molar-refractivity contribution in [3.63, 3.8) is 0 Å². The molecule has 0 aliphatic heterocycles. The van der Waals surface area contributed by atoms with Crippen molar-refractivity contribution in [2.24, 2.45) is 0 Å². The summed E-state index contributed by atoms with van der Waals surface area (Å²) in [6.45, 7) is 3.47. The molecule has 0 fully saturated rings. The summed E-state index contributed by atoms with van der Waals surface area (Å²) in [4.78, 5) is 14.0. The summed E-state index contributed by atoms with van der Waals surface area (Å²) < 4.78 is 5.01. The van der Waals surface area contributed by atoms with Gasteiger partial charge in [-0.15, -0.1) is 0 Å². The lowest BCUT2D eigenvalue weighted by atomic mass is 9.97. The number of carbonyl (C=O) groups excluding carboxylic acids is 1. The number of nitrogens with two attached hydrogens (primary N) is 1. The lowest BCUT2D eigenvalue weighted by molar-refractivity contribution is -0.132. The molecule has 0 radical (unpaired) electrons. The van der Waals surface area contributed by atoms with Gasteiger partial charge in [0.2, 0.25) is 5.91 Å². The number of nitrogens with zero attached hydrogens (tertiary/aromatic N) is 2. The third-order valence-electron chi connectivity index (χ3n) is 3.40. The van der Waals surface area contributed by atoms with Gasteiger partial charge in [-0.05, 0) is 23.6 Å². The van der Waals surface area contributed by atoms with Crippen molar-refractivity contribution in [1.29, 1.82) is 5.26 Å². The van der Waals surface area contributed by atoms with E-state index in [1.807, 2.05) is 31.2 Å². The van der Waals surface area contributed by atoms with Crippen LogP contribution in [0.15, 0.2) is 24.3 Å². The Bertz CT molecular complexity index is 479. The zero-order valence-corrected chi connectivity index (χ0v) is 12.7. The van der Waals surface area contributed by atoms with Gasteiger partial charge in [-0.25, -0.2) is 0 Å². The van der Waals surface area contributed by atoms with Gasteiger partial charge in [0.1, 0.15) is 0 Å². The van der Waals surface area contributed by atoms with E-state index in [0.717, 1.165) is 5.56 Å². The van der Waals surface area contributed by atoms with E-state index in [-0.39, 0.29) is 11.8 Å². The highest BCUT2D eigenvalue weighted by Gasteiger charge is 2.17. The number of anilines is 1. The van der Waals surface area contributed by atoms with Gasteiger partial charge in [0.15, 0.2) is 0 Å². The van der Waals surface area contributed by atoms with Gasteiger partial charge in [-0.2, -0.15) is 5.26 Å². The van der Waals surface area contributed by atoms with E-state index in [1.165, 1.54) is 0 Å². The summed E-state index contributed by atoms with van der Waals surface area (Å²) in [6, 6.07) is 9.65. The topological polar surface area (TPSA) is 79.3 Å². The fourth-order valence-electron chi connectivity index (χ4n) is 2.08. The number of amides is 1. The summed E-state index contributed by atoms with van der Waals surface area (Å²) in [5.41, 5.74) is 7.47. The quantitative estimate of drug-likeness (QED) is 0.744. The van der Waals surface area contributed by atoms with Crippen molar-refractivity contribution in [3.8, 4) is 6.07 Å². The highest BCUT2D eigenvalue weighted by Crippen LogP contribution is 2.21. The monoisotopic (exact) mass is 289 g/mol. The normalized spacial score (nSPS) is 11.7. The Kier molecular flexibility index (Phi) is 7.27. The highest BCUT2D eigenvalue weighted by atomic mass is 16.5. The van der Waals surface area contributed by atoms with Crippen molar-refractivity contribution in [1.82, 2.24) is 4.90 Å². The molecule has 0 aliphatic carbocycles. The summed E-state index contributed by atoms with van der Waals surface area (Å²) in [7, 11) is 1.60. The van der Waals surface area contributed by atoms with Gasteiger partial charge in [0.05, 0.1) is 19.1 Å². The van der Waals surface area contributed by atoms with Gasteiger partial charge < -0.3 is 15.4 Å². The molecule has 1 unspecified atom stereocenters. The molecular weight excluding hydrogens is 266 g/mol. The molecule has 2 N–H and O–H groups in total. The molecule has 5 heteroatoms. The van der Waals surface area contributed by atoms with Crippen LogP contribution >= 0.6 is 0 Å². The van der Waals surface area contributed by atoms with Gasteiger partial charge >= 0.3 is 0 Å². The summed E-state index contributed by atoms with van der Waals surface area (Å²) in [5.74, 6) is 0.164. The van der Waals surface area contributed by atoms with Crippen LogP contribution in [0.25, 0.3) is 0 Å². The maximum Gasteiger partial charge on any atom is 0.223 e. The number of ether oxygens (including phenoxy) is 1. The van der Waals surface area contributed by atoms with E-state index in [2.05, 4.69) is 6.07 Å². The number of benzene rings is 1. The van der Waals surface area contributed by atoms with Crippen LogP contribution < -0.4 is 5.73 Å². The van der Waals surface area contributed by atoms with Crippen LogP contribution in [0.1, 0.15) is 31.2 Å². The minimum absolute atomic E-state index is 0.0478. The van der Waals surface area contributed by atoms with Crippen LogP contribution in [0.5, 0.6) is 0 Å². The first-order chi connectivity index (χ1) is 10.1. The summed E-state index contributed by atoms with van der Waals surface area (Å²) in [5, 5.41) is 8.68. The van der Waals surface area contributed by atoms with Crippen LogP contribution in [0.4, 0.5) is 5.69 Å². The molecule has 1 aromatic carbocycles. The first kappa shape index (κ1) is 17.0. The van der Waals surface area contributed by atoms with E-state index < -0.39 is 0 Å². The van der Waals surface area contributed by atoms with Crippen LogP contribution in [0.3, 0.4) is 0 Å². The lowest BCUT2D eigenvalue weighted by Crippen LogP contribution is -2.35. The van der Waals surface area contributed by atoms with Crippen LogP contribution in [-0.2, 0) is 9.53 Å². The first-order valence-electron chi connectivity index (χ1n) is 7.07. The van der Waals surface area contributed by atoms with Gasteiger partial charge in [0.25, 0.3) is 0 Å². The number of hydrogen-bond donors (Lipinski definition) is 1. The summed E-state index contributed by atoms with van der Waals surface area (Å²) >= 11 is 0. The smallest absolute Gasteiger partial charge is 0.223 e. The van der Waals surface area contributed by atoms with E-state index in [0.29, 0.717) is 38.2 Å². The molecule has 0 spiro atoms. The maximum atomic E-state index is 12.3. The zero-order chi connectivity index (χ0) is 15.7. The van der Waals surface area contributed by atoms with Crippen molar-refractivity contribution in [3.05, 3.63) is 29.8 Å². The third-order valence-corrected chi connectivity index (χ3v) is 3.40. The average Bonchev–Trinajstić information content (AvgIpc) is 2.47. The molecule has 0 heterocycles. The molecule has 1 amide bonds. The van der Waals surface area contributed by atoms with Crippen molar-refractivity contribution < 1.29 is 9.53 Å². The first-order valence-corrected chi connectivity index (χ1v) is 7.07. The Morgan fingerprint density at radius 2 is 2.05 bits per heavy atom. The predicted molar refractivity (Wildman–Crippen MR) is 82.6 cm³/mol. The Morgan fingerprint density at radius 1 is 1.38 bits per heavy atom. The van der Waals surface area contributed by atoms with E-state index >= 15 is 0 Å². The third kappa shape index (κ3) is 5.84. The minimum Gasteiger partial charge on any atom is -0.399 e. The van der Waals surface area contributed by atoms with Crippen molar-refractivity contribution >= 4 is 11.6 Å². The Balaban J connectivity index is 2.62. The molecule has 0 saturated heterocycles. The second-order valence-corrected chi connectivity index (χ2v) is 5.05. The molecule has 1 atom stereocenters. The Morgan fingerprint density at radius 3 is 2.62 bits per heavy atom. The predicted octanol–water partition coefficient (Wildman–Crippen LogP) is 2.15. The molecule has 0 aliphatic rings. The molecule has 0 aromatic heterocycles. The molecule has 21 heavy (non-hydrogen) atoms. The average molecular weight is 289 g/mol. The molecule has 0 bridgehead atoms. The van der Waals surface area contributed by atoms with E-state index in [9.17, 15) is 4.79 Å². The number of nitriles is 1. The molecular formula is C16H23N3O2. The van der Waals surface area contributed by atoms with Gasteiger partial charge in [-0.1, -0.05) is 19.1 Å². The SMILES string of the molecule is COCCN(CCC#N)C(=O)CC(C)c1ccc(N)cc1. The lowest BCUT2D eigenvalue weighted by Gasteiger charge is -2.23. The Labute approximate surface area is 126 Å². The maximum absolute atomic E-state index is 12.3. The number of carbonyl (C=O) groups is 1. The van der Waals surface area contributed by atoms with E-state index in [1.54, 1.807) is 12.0 Å². The molecule has 0 saturated carbocycles. The number of hydrogen-bond acceptors (Lipinski definition) is 4. The molecule has 1 rings (SSSR count). The van der Waals surface area contributed by atoms with Crippen LogP contribution in [0.2, 0.25) is 0 Å². The highest BCUT2D eigenvalue weighted by molar-refractivity contribution is 5.77. The molecule has 114 valence electrons. The van der Waals surface area contributed by atoms with Gasteiger partial charge in [-0.3, -0.25) is 4.79 Å².